The number of morpholine rings is 1. The van der Waals surface area contributed by atoms with E-state index in [1.165, 1.54) is 0 Å². The lowest BCUT2D eigenvalue weighted by atomic mass is 9.98. The highest BCUT2D eigenvalue weighted by Gasteiger charge is 2.34. The van der Waals surface area contributed by atoms with E-state index in [4.69, 9.17) is 4.74 Å². The molecule has 2 rings (SSSR count). The van der Waals surface area contributed by atoms with Crippen LogP contribution in [0.3, 0.4) is 0 Å². The highest BCUT2D eigenvalue weighted by atomic mass is 16.5. The van der Waals surface area contributed by atoms with Crippen molar-refractivity contribution in [2.24, 2.45) is 12.5 Å². The number of likely N-dealkylation sites (N-methyl/N-ethyl adjacent to an activating group) is 1. The molecule has 1 aliphatic heterocycles. The lowest BCUT2D eigenvalue weighted by Gasteiger charge is -2.40. The number of nitrogens with one attached hydrogen (secondary N) is 1. The number of hydrogen-bond acceptors (Lipinski definition) is 4. The summed E-state index contributed by atoms with van der Waals surface area (Å²) in [6, 6.07) is 0.0760. The van der Waals surface area contributed by atoms with Crippen molar-refractivity contribution in [1.29, 1.82) is 0 Å². The van der Waals surface area contributed by atoms with Gasteiger partial charge in [-0.15, -0.1) is 0 Å². The lowest BCUT2D eigenvalue weighted by molar-refractivity contribution is -0.118. The molecule has 0 radical (unpaired) electrons. The second-order valence-electron chi connectivity index (χ2n) is 7.12. The van der Waals surface area contributed by atoms with E-state index >= 15 is 0 Å². The molecule has 0 aromatic carbocycles. The summed E-state index contributed by atoms with van der Waals surface area (Å²) in [6.45, 7) is 11.0. The largest absolute Gasteiger partial charge is 0.373 e. The molecule has 1 aromatic heterocycles. The van der Waals surface area contributed by atoms with Crippen LogP contribution in [0.5, 0.6) is 0 Å². The molecule has 6 nitrogen and oxygen atoms in total. The number of aromatic nitrogens is 2. The molecule has 1 N–H and O–H groups in total. The van der Waals surface area contributed by atoms with Crippen molar-refractivity contribution < 1.29 is 9.53 Å². The number of hydrogen-bond donors (Lipinski definition) is 1. The van der Waals surface area contributed by atoms with Gasteiger partial charge in [0.1, 0.15) is 0 Å². The fourth-order valence-electron chi connectivity index (χ4n) is 2.82. The molecule has 1 saturated heterocycles. The number of carbonyl (C=O) groups excluding carboxylic acids is 1. The van der Waals surface area contributed by atoms with Crippen molar-refractivity contribution >= 4 is 5.91 Å². The summed E-state index contributed by atoms with van der Waals surface area (Å²) in [5, 5.41) is 2.89. The highest BCUT2D eigenvalue weighted by Crippen LogP contribution is 2.28. The Hall–Kier alpha value is -1.84. The Labute approximate surface area is 144 Å². The minimum Gasteiger partial charge on any atom is -0.373 e. The van der Waals surface area contributed by atoms with E-state index in [2.05, 4.69) is 34.0 Å². The number of aryl methyl sites for hydroxylation is 1. The minimum absolute atomic E-state index is 0.0760. The number of carbonyl (C=O) groups is 1. The molecule has 1 aliphatic rings. The van der Waals surface area contributed by atoms with Crippen LogP contribution in [0.4, 0.5) is 0 Å². The molecule has 1 fully saturated rings. The van der Waals surface area contributed by atoms with Crippen molar-refractivity contribution in [2.75, 3.05) is 26.2 Å². The Bertz CT molecular complexity index is 621. The van der Waals surface area contributed by atoms with Gasteiger partial charge in [0.25, 0.3) is 5.91 Å². The van der Waals surface area contributed by atoms with Gasteiger partial charge in [-0.25, -0.2) is 4.98 Å². The third-order valence-corrected chi connectivity index (χ3v) is 4.03. The second kappa shape index (κ2) is 7.82. The van der Waals surface area contributed by atoms with Gasteiger partial charge >= 0.3 is 0 Å². The number of rotatable bonds is 4. The fourth-order valence-corrected chi connectivity index (χ4v) is 2.82. The van der Waals surface area contributed by atoms with Gasteiger partial charge in [0.05, 0.1) is 30.8 Å². The summed E-state index contributed by atoms with van der Waals surface area (Å²) in [4.78, 5) is 18.6. The Morgan fingerprint density at radius 3 is 2.83 bits per heavy atom. The van der Waals surface area contributed by atoms with E-state index in [9.17, 15) is 4.79 Å². The average molecular weight is 332 g/mol. The van der Waals surface area contributed by atoms with Crippen LogP contribution in [-0.4, -0.2) is 52.7 Å². The smallest absolute Gasteiger partial charge is 0.295 e. The zero-order valence-electron chi connectivity index (χ0n) is 15.3. The van der Waals surface area contributed by atoms with Gasteiger partial charge in [-0.3, -0.25) is 9.69 Å². The molecular formula is C18H28N4O2. The molecule has 0 bridgehead atoms. The number of amides is 1. The lowest BCUT2D eigenvalue weighted by Crippen LogP contribution is -2.50. The summed E-state index contributed by atoms with van der Waals surface area (Å²) in [5.41, 5.74) is 0.908. The van der Waals surface area contributed by atoms with Crippen molar-refractivity contribution in [3.05, 3.63) is 18.2 Å². The van der Waals surface area contributed by atoms with Crippen LogP contribution in [0.2, 0.25) is 0 Å². The van der Waals surface area contributed by atoms with E-state index in [0.29, 0.717) is 13.2 Å². The van der Waals surface area contributed by atoms with E-state index in [-0.39, 0.29) is 23.5 Å². The van der Waals surface area contributed by atoms with Crippen LogP contribution in [-0.2, 0) is 16.6 Å². The van der Waals surface area contributed by atoms with E-state index in [0.717, 1.165) is 18.8 Å². The zero-order valence-corrected chi connectivity index (χ0v) is 15.3. The van der Waals surface area contributed by atoms with Crippen molar-refractivity contribution in [1.82, 2.24) is 19.8 Å². The maximum Gasteiger partial charge on any atom is 0.295 e. The van der Waals surface area contributed by atoms with Crippen molar-refractivity contribution in [3.63, 3.8) is 0 Å². The van der Waals surface area contributed by atoms with Crippen LogP contribution in [0.1, 0.15) is 39.4 Å². The SMILES string of the molecule is CCN1CCO[C@@H](CNC(=O)C#CC(C)(C)C)[C@@H]1c1cncn1C. The monoisotopic (exact) mass is 332 g/mol. The number of imidazole rings is 1. The van der Waals surface area contributed by atoms with E-state index in [1.54, 1.807) is 6.33 Å². The van der Waals surface area contributed by atoms with Crippen LogP contribution in [0.25, 0.3) is 0 Å². The minimum atomic E-state index is -0.258. The molecule has 0 saturated carbocycles. The Morgan fingerprint density at radius 2 is 2.25 bits per heavy atom. The van der Waals surface area contributed by atoms with Crippen LogP contribution >= 0.6 is 0 Å². The molecule has 0 unspecified atom stereocenters. The third-order valence-electron chi connectivity index (χ3n) is 4.03. The van der Waals surface area contributed by atoms with E-state index in [1.807, 2.05) is 38.6 Å². The predicted molar refractivity (Wildman–Crippen MR) is 93.2 cm³/mol. The zero-order chi connectivity index (χ0) is 17.7. The topological polar surface area (TPSA) is 59.4 Å². The van der Waals surface area contributed by atoms with Gasteiger partial charge in [-0.1, -0.05) is 12.8 Å². The first kappa shape index (κ1) is 18.5. The Balaban J connectivity index is 2.07. The van der Waals surface area contributed by atoms with Crippen LogP contribution < -0.4 is 5.32 Å². The predicted octanol–water partition coefficient (Wildman–Crippen LogP) is 1.35. The molecule has 6 heteroatoms. The third kappa shape index (κ3) is 4.83. The second-order valence-corrected chi connectivity index (χ2v) is 7.12. The Morgan fingerprint density at radius 1 is 1.50 bits per heavy atom. The van der Waals surface area contributed by atoms with Crippen LogP contribution in [0.15, 0.2) is 12.5 Å². The molecule has 2 atom stereocenters. The van der Waals surface area contributed by atoms with Gasteiger partial charge in [0, 0.05) is 31.7 Å². The van der Waals surface area contributed by atoms with Gasteiger partial charge in [-0.05, 0) is 33.2 Å². The first-order valence-corrected chi connectivity index (χ1v) is 8.44. The van der Waals surface area contributed by atoms with Crippen molar-refractivity contribution in [3.8, 4) is 11.8 Å². The molecule has 1 aromatic rings. The maximum atomic E-state index is 12.0. The standard InChI is InChI=1S/C18H28N4O2/c1-6-22-9-10-24-15(17(22)14-11-19-13-21(14)5)12-20-16(23)7-8-18(2,3)4/h11,13,15,17H,6,9-10,12H2,1-5H3,(H,20,23)/t15-,17-/m0/s1. The molecule has 0 aliphatic carbocycles. The fraction of sp³-hybridized carbons (Fsp3) is 0.667. The molecule has 1 amide bonds. The summed E-state index contributed by atoms with van der Waals surface area (Å²) in [7, 11) is 1.98. The van der Waals surface area contributed by atoms with Gasteiger partial charge in [0.2, 0.25) is 0 Å². The average Bonchev–Trinajstić information content (AvgIpc) is 2.95. The molecule has 24 heavy (non-hydrogen) atoms. The van der Waals surface area contributed by atoms with Gasteiger partial charge in [-0.2, -0.15) is 0 Å². The van der Waals surface area contributed by atoms with Gasteiger partial charge < -0.3 is 14.6 Å². The van der Waals surface area contributed by atoms with Gasteiger partial charge in [0.15, 0.2) is 0 Å². The molecule has 132 valence electrons. The first-order chi connectivity index (χ1) is 11.3. The van der Waals surface area contributed by atoms with Crippen LogP contribution in [0, 0.1) is 17.3 Å². The quantitative estimate of drug-likeness (QED) is 0.846. The molecule has 0 spiro atoms. The maximum absolute atomic E-state index is 12.0. The Kier molecular flexibility index (Phi) is 6.03. The highest BCUT2D eigenvalue weighted by molar-refractivity contribution is 5.93. The number of nitrogens with zero attached hydrogens (tertiary/aromatic N) is 3. The summed E-state index contributed by atoms with van der Waals surface area (Å²) in [5.74, 6) is 5.35. The summed E-state index contributed by atoms with van der Waals surface area (Å²) in [6.07, 6.45) is 3.55. The molecule has 2 heterocycles. The van der Waals surface area contributed by atoms with E-state index < -0.39 is 0 Å². The first-order valence-electron chi connectivity index (χ1n) is 8.44. The number of ether oxygens (including phenoxy) is 1. The van der Waals surface area contributed by atoms with Crippen molar-refractivity contribution in [2.45, 2.75) is 39.8 Å². The molecular weight excluding hydrogens is 304 g/mol. The normalized spacial score (nSPS) is 21.9. The summed E-state index contributed by atoms with van der Waals surface area (Å²) < 4.78 is 7.96. The summed E-state index contributed by atoms with van der Waals surface area (Å²) >= 11 is 0.